The lowest BCUT2D eigenvalue weighted by atomic mass is 9.95. The average Bonchev–Trinajstić information content (AvgIpc) is 2.50. The molecule has 0 aliphatic heterocycles. The van der Waals surface area contributed by atoms with Gasteiger partial charge in [0.05, 0.1) is 6.04 Å². The average molecular weight is 268 g/mol. The number of aromatic nitrogens is 1. The third-order valence-electron chi connectivity index (χ3n) is 3.80. The first-order valence-electron chi connectivity index (χ1n) is 7.43. The van der Waals surface area contributed by atoms with E-state index in [0.717, 1.165) is 6.42 Å². The summed E-state index contributed by atoms with van der Waals surface area (Å²) in [4.78, 5) is 4.13. The van der Waals surface area contributed by atoms with E-state index < -0.39 is 0 Å². The number of nitrogens with one attached hydrogen (secondary N) is 1. The highest BCUT2D eigenvalue weighted by atomic mass is 15.0. The summed E-state index contributed by atoms with van der Waals surface area (Å²) in [5.74, 6) is 0.619. The van der Waals surface area contributed by atoms with Crippen molar-refractivity contribution in [3.05, 3.63) is 66.0 Å². The molecule has 2 nitrogen and oxygen atoms in total. The monoisotopic (exact) mass is 268 g/mol. The summed E-state index contributed by atoms with van der Waals surface area (Å²) in [6, 6.07) is 15.6. The van der Waals surface area contributed by atoms with Gasteiger partial charge in [-0.15, -0.1) is 0 Å². The number of benzene rings is 1. The van der Waals surface area contributed by atoms with E-state index in [1.807, 2.05) is 12.4 Å². The second-order valence-electron chi connectivity index (χ2n) is 5.55. The summed E-state index contributed by atoms with van der Waals surface area (Å²) in [6.45, 7) is 6.79. The Morgan fingerprint density at radius 3 is 2.10 bits per heavy atom. The Labute approximate surface area is 122 Å². The highest BCUT2D eigenvalue weighted by Gasteiger charge is 2.19. The van der Waals surface area contributed by atoms with Crippen LogP contribution < -0.4 is 5.32 Å². The molecule has 0 spiro atoms. The maximum atomic E-state index is 4.13. The molecule has 1 aromatic heterocycles. The molecule has 2 unspecified atom stereocenters. The molecule has 1 aromatic carbocycles. The molecular weight excluding hydrogens is 244 g/mol. The molecule has 2 rings (SSSR count). The van der Waals surface area contributed by atoms with Gasteiger partial charge in [-0.05, 0) is 35.6 Å². The fraction of sp³-hybridized carbons (Fsp3) is 0.389. The van der Waals surface area contributed by atoms with E-state index in [4.69, 9.17) is 0 Å². The molecule has 0 radical (unpaired) electrons. The Kier molecular flexibility index (Phi) is 5.31. The normalized spacial score (nSPS) is 14.2. The molecule has 0 saturated carbocycles. The zero-order valence-electron chi connectivity index (χ0n) is 12.6. The van der Waals surface area contributed by atoms with Crippen molar-refractivity contribution in [2.75, 3.05) is 0 Å². The van der Waals surface area contributed by atoms with Gasteiger partial charge < -0.3 is 5.32 Å². The first-order valence-corrected chi connectivity index (χ1v) is 7.43. The molecule has 1 N–H and O–H groups in total. The lowest BCUT2D eigenvalue weighted by molar-refractivity contribution is 0.365. The van der Waals surface area contributed by atoms with E-state index in [1.165, 1.54) is 11.1 Å². The van der Waals surface area contributed by atoms with Crippen LogP contribution in [0.25, 0.3) is 0 Å². The maximum absolute atomic E-state index is 4.13. The van der Waals surface area contributed by atoms with Crippen molar-refractivity contribution in [2.24, 2.45) is 5.92 Å². The number of pyridine rings is 1. The van der Waals surface area contributed by atoms with Crippen molar-refractivity contribution in [1.82, 2.24) is 10.3 Å². The van der Waals surface area contributed by atoms with Gasteiger partial charge in [-0.25, -0.2) is 0 Å². The minimum atomic E-state index is 0.228. The molecule has 20 heavy (non-hydrogen) atoms. The van der Waals surface area contributed by atoms with Crippen LogP contribution in [0.15, 0.2) is 54.9 Å². The van der Waals surface area contributed by atoms with Gasteiger partial charge in [0.1, 0.15) is 0 Å². The summed E-state index contributed by atoms with van der Waals surface area (Å²) in [5, 5.41) is 3.81. The fourth-order valence-electron chi connectivity index (χ4n) is 2.58. The second kappa shape index (κ2) is 7.20. The van der Waals surface area contributed by atoms with Crippen LogP contribution in [0.5, 0.6) is 0 Å². The van der Waals surface area contributed by atoms with Crippen molar-refractivity contribution < 1.29 is 0 Å². The quantitative estimate of drug-likeness (QED) is 0.849. The summed E-state index contributed by atoms with van der Waals surface area (Å²) >= 11 is 0. The van der Waals surface area contributed by atoms with Gasteiger partial charge in [0.25, 0.3) is 0 Å². The van der Waals surface area contributed by atoms with Gasteiger partial charge in [0, 0.05) is 18.4 Å². The Bertz CT molecular complexity index is 454. The zero-order valence-corrected chi connectivity index (χ0v) is 12.6. The Morgan fingerprint density at radius 2 is 1.55 bits per heavy atom. The van der Waals surface area contributed by atoms with Gasteiger partial charge >= 0.3 is 0 Å². The van der Waals surface area contributed by atoms with E-state index in [2.05, 4.69) is 73.5 Å². The van der Waals surface area contributed by atoms with Crippen LogP contribution >= 0.6 is 0 Å². The van der Waals surface area contributed by atoms with Gasteiger partial charge in [0.2, 0.25) is 0 Å². The second-order valence-corrected chi connectivity index (χ2v) is 5.55. The van der Waals surface area contributed by atoms with E-state index in [-0.39, 0.29) is 6.04 Å². The minimum absolute atomic E-state index is 0.228. The first kappa shape index (κ1) is 14.7. The summed E-state index contributed by atoms with van der Waals surface area (Å²) < 4.78 is 0. The van der Waals surface area contributed by atoms with E-state index in [0.29, 0.717) is 12.0 Å². The van der Waals surface area contributed by atoms with E-state index in [1.54, 1.807) is 0 Å². The SMILES string of the molecule is CCC(NC(c1ccccc1)c1ccncc1)C(C)C. The Morgan fingerprint density at radius 1 is 0.950 bits per heavy atom. The lowest BCUT2D eigenvalue weighted by Crippen LogP contribution is -2.36. The van der Waals surface area contributed by atoms with Crippen LogP contribution in [-0.2, 0) is 0 Å². The smallest absolute Gasteiger partial charge is 0.0580 e. The topological polar surface area (TPSA) is 24.9 Å². The molecule has 2 atom stereocenters. The number of hydrogen-bond donors (Lipinski definition) is 1. The third kappa shape index (κ3) is 3.67. The molecule has 1 heterocycles. The molecule has 0 saturated heterocycles. The third-order valence-corrected chi connectivity index (χ3v) is 3.80. The Hall–Kier alpha value is -1.67. The predicted octanol–water partition coefficient (Wildman–Crippen LogP) is 4.20. The highest BCUT2D eigenvalue weighted by Crippen LogP contribution is 2.23. The number of hydrogen-bond acceptors (Lipinski definition) is 2. The van der Waals surface area contributed by atoms with Crippen LogP contribution in [0.2, 0.25) is 0 Å². The number of rotatable bonds is 6. The van der Waals surface area contributed by atoms with Crippen molar-refractivity contribution in [3.63, 3.8) is 0 Å². The van der Waals surface area contributed by atoms with Crippen LogP contribution in [0.4, 0.5) is 0 Å². The molecule has 0 bridgehead atoms. The maximum Gasteiger partial charge on any atom is 0.0580 e. The standard InChI is InChI=1S/C18H24N2/c1-4-17(14(2)3)20-18(15-8-6-5-7-9-15)16-10-12-19-13-11-16/h5-14,17-18,20H,4H2,1-3H3. The molecule has 0 fully saturated rings. The summed E-state index contributed by atoms with van der Waals surface area (Å²) in [6.07, 6.45) is 4.86. The van der Waals surface area contributed by atoms with Crippen LogP contribution in [0.1, 0.15) is 44.4 Å². The molecule has 0 aliphatic carbocycles. The molecule has 106 valence electrons. The molecule has 0 amide bonds. The molecule has 2 aromatic rings. The highest BCUT2D eigenvalue weighted by molar-refractivity contribution is 5.30. The van der Waals surface area contributed by atoms with E-state index in [9.17, 15) is 0 Å². The predicted molar refractivity (Wildman–Crippen MR) is 84.6 cm³/mol. The van der Waals surface area contributed by atoms with Gasteiger partial charge in [-0.1, -0.05) is 51.1 Å². The number of nitrogens with zero attached hydrogens (tertiary/aromatic N) is 1. The van der Waals surface area contributed by atoms with Crippen molar-refractivity contribution in [3.8, 4) is 0 Å². The molecular formula is C18H24N2. The Balaban J connectivity index is 2.30. The van der Waals surface area contributed by atoms with Crippen LogP contribution in [0, 0.1) is 5.92 Å². The van der Waals surface area contributed by atoms with Crippen molar-refractivity contribution in [1.29, 1.82) is 0 Å². The zero-order chi connectivity index (χ0) is 14.4. The summed E-state index contributed by atoms with van der Waals surface area (Å²) in [7, 11) is 0. The first-order chi connectivity index (χ1) is 9.72. The van der Waals surface area contributed by atoms with Gasteiger partial charge in [-0.2, -0.15) is 0 Å². The lowest BCUT2D eigenvalue weighted by Gasteiger charge is -2.28. The van der Waals surface area contributed by atoms with Crippen molar-refractivity contribution in [2.45, 2.75) is 39.3 Å². The largest absolute Gasteiger partial charge is 0.303 e. The van der Waals surface area contributed by atoms with Crippen LogP contribution in [-0.4, -0.2) is 11.0 Å². The van der Waals surface area contributed by atoms with Crippen molar-refractivity contribution >= 4 is 0 Å². The van der Waals surface area contributed by atoms with E-state index >= 15 is 0 Å². The van der Waals surface area contributed by atoms with Crippen LogP contribution in [0.3, 0.4) is 0 Å². The minimum Gasteiger partial charge on any atom is -0.303 e. The fourth-order valence-corrected chi connectivity index (χ4v) is 2.58. The molecule has 2 heteroatoms. The van der Waals surface area contributed by atoms with Gasteiger partial charge in [0.15, 0.2) is 0 Å². The van der Waals surface area contributed by atoms with Gasteiger partial charge in [-0.3, -0.25) is 4.98 Å². The summed E-state index contributed by atoms with van der Waals surface area (Å²) in [5.41, 5.74) is 2.57. The molecule has 0 aliphatic rings.